The lowest BCUT2D eigenvalue weighted by Crippen LogP contribution is -2.48. The van der Waals surface area contributed by atoms with Crippen LogP contribution in [0.3, 0.4) is 0 Å². The minimum absolute atomic E-state index is 0.0712. The minimum atomic E-state index is -0.863. The van der Waals surface area contributed by atoms with E-state index in [2.05, 4.69) is 5.32 Å². The maximum absolute atomic E-state index is 12.6. The third-order valence-electron chi connectivity index (χ3n) is 4.15. The van der Waals surface area contributed by atoms with Crippen LogP contribution in [0.25, 0.3) is 0 Å². The van der Waals surface area contributed by atoms with Gasteiger partial charge < -0.3 is 19.5 Å². The Morgan fingerprint density at radius 2 is 1.69 bits per heavy atom. The van der Waals surface area contributed by atoms with Crippen LogP contribution in [0.1, 0.15) is 59.9 Å². The molecule has 1 rings (SSSR count). The minimum Gasteiger partial charge on any atom is -0.461 e. The Balaban J connectivity index is 2.56. The maximum atomic E-state index is 12.6. The maximum Gasteiger partial charge on any atom is 0.408 e. The van der Waals surface area contributed by atoms with Gasteiger partial charge in [-0.25, -0.2) is 9.59 Å². The van der Waals surface area contributed by atoms with E-state index in [1.807, 2.05) is 44.2 Å². The van der Waals surface area contributed by atoms with E-state index in [9.17, 15) is 14.4 Å². The summed E-state index contributed by atoms with van der Waals surface area (Å²) in [7, 11) is 0. The smallest absolute Gasteiger partial charge is 0.408 e. The Morgan fingerprint density at radius 3 is 2.24 bits per heavy atom. The van der Waals surface area contributed by atoms with Gasteiger partial charge in [0.15, 0.2) is 0 Å². The van der Waals surface area contributed by atoms with E-state index in [1.165, 1.54) is 0 Å². The van der Waals surface area contributed by atoms with Gasteiger partial charge >= 0.3 is 18.0 Å². The molecule has 0 aliphatic carbocycles. The number of carbonyl (C=O) groups is 3. The third kappa shape index (κ3) is 9.96. The van der Waals surface area contributed by atoms with Gasteiger partial charge in [0, 0.05) is 0 Å². The number of carbonyl (C=O) groups excluding carboxylic acids is 3. The van der Waals surface area contributed by atoms with Crippen LogP contribution < -0.4 is 5.32 Å². The van der Waals surface area contributed by atoms with Gasteiger partial charge in [-0.1, -0.05) is 50.6 Å². The van der Waals surface area contributed by atoms with Crippen molar-refractivity contribution in [2.75, 3.05) is 0 Å². The van der Waals surface area contributed by atoms with Crippen LogP contribution in [-0.2, 0) is 30.4 Å². The Labute approximate surface area is 173 Å². The van der Waals surface area contributed by atoms with Crippen molar-refractivity contribution in [2.24, 2.45) is 5.92 Å². The van der Waals surface area contributed by atoms with Gasteiger partial charge in [-0.3, -0.25) is 4.79 Å². The van der Waals surface area contributed by atoms with Gasteiger partial charge in [-0.15, -0.1) is 0 Å². The van der Waals surface area contributed by atoms with Gasteiger partial charge in [0.05, 0.1) is 6.42 Å². The SMILES string of the molecule is CC[C@H](C)[C@@H](NC(=O)OC(C)(C)C)C(=O)O[C@H](C)CC(=O)OCc1ccccc1. The normalized spacial score (nSPS) is 14.3. The molecule has 0 unspecified atom stereocenters. The predicted molar refractivity (Wildman–Crippen MR) is 109 cm³/mol. The molecule has 1 aromatic rings. The van der Waals surface area contributed by atoms with Gasteiger partial charge in [0.1, 0.15) is 24.4 Å². The quantitative estimate of drug-likeness (QED) is 0.492. The molecule has 0 saturated heterocycles. The highest BCUT2D eigenvalue weighted by Gasteiger charge is 2.31. The zero-order valence-electron chi connectivity index (χ0n) is 18.2. The molecule has 0 radical (unpaired) electrons. The topological polar surface area (TPSA) is 90.9 Å². The number of hydrogen-bond donors (Lipinski definition) is 1. The first-order valence-electron chi connectivity index (χ1n) is 9.91. The van der Waals surface area contributed by atoms with Crippen molar-refractivity contribution >= 4 is 18.0 Å². The predicted octanol–water partition coefficient (Wildman–Crippen LogP) is 3.99. The first-order valence-corrected chi connectivity index (χ1v) is 9.91. The van der Waals surface area contributed by atoms with E-state index in [-0.39, 0.29) is 18.9 Å². The van der Waals surface area contributed by atoms with E-state index < -0.39 is 35.8 Å². The van der Waals surface area contributed by atoms with Crippen LogP contribution in [0.5, 0.6) is 0 Å². The summed E-state index contributed by atoms with van der Waals surface area (Å²) in [6.45, 7) is 10.7. The average Bonchev–Trinajstić information content (AvgIpc) is 2.63. The van der Waals surface area contributed by atoms with Crippen LogP contribution in [-0.4, -0.2) is 35.8 Å². The lowest BCUT2D eigenvalue weighted by molar-refractivity contribution is -0.157. The zero-order chi connectivity index (χ0) is 22.0. The summed E-state index contributed by atoms with van der Waals surface area (Å²) in [5.74, 6) is -1.23. The van der Waals surface area contributed by atoms with Gasteiger partial charge in [-0.2, -0.15) is 0 Å². The van der Waals surface area contributed by atoms with Crippen molar-refractivity contribution in [3.63, 3.8) is 0 Å². The highest BCUT2D eigenvalue weighted by molar-refractivity contribution is 5.82. The van der Waals surface area contributed by atoms with Gasteiger partial charge in [-0.05, 0) is 39.2 Å². The van der Waals surface area contributed by atoms with E-state index in [0.29, 0.717) is 6.42 Å². The molecule has 0 heterocycles. The largest absolute Gasteiger partial charge is 0.461 e. The van der Waals surface area contributed by atoms with Crippen molar-refractivity contribution in [3.05, 3.63) is 35.9 Å². The molecule has 1 aromatic carbocycles. The monoisotopic (exact) mass is 407 g/mol. The summed E-state index contributed by atoms with van der Waals surface area (Å²) in [4.78, 5) is 36.6. The summed E-state index contributed by atoms with van der Waals surface area (Å²) in [6.07, 6.45) is -0.783. The lowest BCUT2D eigenvalue weighted by atomic mass is 9.99. The van der Waals surface area contributed by atoms with Crippen LogP contribution in [0.15, 0.2) is 30.3 Å². The second kappa shape index (κ2) is 11.4. The number of esters is 2. The van der Waals surface area contributed by atoms with Crippen LogP contribution in [0.4, 0.5) is 4.79 Å². The summed E-state index contributed by atoms with van der Waals surface area (Å²) in [5, 5.41) is 2.58. The summed E-state index contributed by atoms with van der Waals surface area (Å²) < 4.78 is 15.8. The van der Waals surface area contributed by atoms with Crippen LogP contribution in [0, 0.1) is 5.92 Å². The van der Waals surface area contributed by atoms with E-state index in [4.69, 9.17) is 14.2 Å². The lowest BCUT2D eigenvalue weighted by Gasteiger charge is -2.26. The fourth-order valence-corrected chi connectivity index (χ4v) is 2.45. The second-order valence-electron chi connectivity index (χ2n) is 8.11. The molecule has 0 aromatic heterocycles. The van der Waals surface area contributed by atoms with Crippen molar-refractivity contribution in [2.45, 2.75) is 78.7 Å². The molecule has 0 aliphatic rings. The third-order valence-corrected chi connectivity index (χ3v) is 4.15. The molecule has 1 amide bonds. The number of benzene rings is 1. The molecule has 29 heavy (non-hydrogen) atoms. The van der Waals surface area contributed by atoms with Crippen LogP contribution in [0.2, 0.25) is 0 Å². The summed E-state index contributed by atoms with van der Waals surface area (Å²) in [5.41, 5.74) is 0.202. The van der Waals surface area contributed by atoms with Gasteiger partial charge in [0.2, 0.25) is 0 Å². The van der Waals surface area contributed by atoms with E-state index in [1.54, 1.807) is 27.7 Å². The first-order chi connectivity index (χ1) is 13.5. The van der Waals surface area contributed by atoms with Crippen LogP contribution >= 0.6 is 0 Å². The number of rotatable bonds is 9. The molecule has 0 saturated carbocycles. The van der Waals surface area contributed by atoms with Crippen molar-refractivity contribution in [1.29, 1.82) is 0 Å². The van der Waals surface area contributed by atoms with Crippen molar-refractivity contribution in [3.8, 4) is 0 Å². The number of alkyl carbamates (subject to hydrolysis) is 1. The van der Waals surface area contributed by atoms with E-state index in [0.717, 1.165) is 5.56 Å². The average molecular weight is 408 g/mol. The molecule has 0 spiro atoms. The molecule has 7 heteroatoms. The Kier molecular flexibility index (Phi) is 9.65. The number of amides is 1. The Morgan fingerprint density at radius 1 is 1.07 bits per heavy atom. The molecule has 0 fully saturated rings. The highest BCUT2D eigenvalue weighted by Crippen LogP contribution is 2.14. The zero-order valence-corrected chi connectivity index (χ0v) is 18.2. The fraction of sp³-hybridized carbons (Fsp3) is 0.591. The van der Waals surface area contributed by atoms with Crippen molar-refractivity contribution < 1.29 is 28.6 Å². The Hall–Kier alpha value is -2.57. The molecule has 0 bridgehead atoms. The fourth-order valence-electron chi connectivity index (χ4n) is 2.45. The van der Waals surface area contributed by atoms with E-state index >= 15 is 0 Å². The molecule has 3 atom stereocenters. The number of nitrogens with one attached hydrogen (secondary N) is 1. The molecular weight excluding hydrogens is 374 g/mol. The number of ether oxygens (including phenoxy) is 3. The highest BCUT2D eigenvalue weighted by atomic mass is 16.6. The standard InChI is InChI=1S/C22H33NO6/c1-7-15(2)19(23-21(26)29-22(4,5)6)20(25)28-16(3)13-18(24)27-14-17-11-9-8-10-12-17/h8-12,15-16,19H,7,13-14H2,1-6H3,(H,23,26)/t15-,16+,19+/m0/s1. The molecule has 0 aliphatic heterocycles. The Bertz CT molecular complexity index is 668. The number of hydrogen-bond acceptors (Lipinski definition) is 6. The summed E-state index contributed by atoms with van der Waals surface area (Å²) >= 11 is 0. The summed E-state index contributed by atoms with van der Waals surface area (Å²) in [6, 6.07) is 8.45. The first kappa shape index (κ1) is 24.5. The molecular formula is C22H33NO6. The molecule has 7 nitrogen and oxygen atoms in total. The van der Waals surface area contributed by atoms with Gasteiger partial charge in [0.25, 0.3) is 0 Å². The molecule has 162 valence electrons. The molecule has 1 N–H and O–H groups in total. The van der Waals surface area contributed by atoms with Crippen molar-refractivity contribution in [1.82, 2.24) is 5.32 Å². The second-order valence-corrected chi connectivity index (χ2v) is 8.11.